The summed E-state index contributed by atoms with van der Waals surface area (Å²) in [6, 6.07) is 11.0. The molecule has 1 aromatic carbocycles. The van der Waals surface area contributed by atoms with Crippen LogP contribution in [0.2, 0.25) is 0 Å². The van der Waals surface area contributed by atoms with Crippen LogP contribution in [0.25, 0.3) is 10.9 Å². The molecule has 7 nitrogen and oxygen atoms in total. The number of pyridine rings is 1. The summed E-state index contributed by atoms with van der Waals surface area (Å²) < 4.78 is 5.11. The van der Waals surface area contributed by atoms with Gasteiger partial charge in [-0.25, -0.2) is 9.78 Å². The molecule has 3 N–H and O–H groups in total. The largest absolute Gasteiger partial charge is 0.479 e. The fourth-order valence-corrected chi connectivity index (χ4v) is 2.29. The Labute approximate surface area is 133 Å². The first-order valence-corrected chi connectivity index (χ1v) is 7.18. The standard InChI is InChI=1S/C16H17N5O2/c1-10(11-6-4-3-5-7-11)18-16(22)19-14-8-13-12(9-17-14)15(23-2)21-20-13/h3-10H,1-2H3,(H,20,21)(H2,17,18,19,22). The van der Waals surface area contributed by atoms with Gasteiger partial charge in [-0.1, -0.05) is 30.3 Å². The first kappa shape index (κ1) is 14.8. The number of hydrogen-bond acceptors (Lipinski definition) is 4. The Kier molecular flexibility index (Phi) is 4.09. The number of hydrogen-bond donors (Lipinski definition) is 3. The number of rotatable bonds is 4. The van der Waals surface area contributed by atoms with Gasteiger partial charge >= 0.3 is 6.03 Å². The van der Waals surface area contributed by atoms with E-state index >= 15 is 0 Å². The summed E-state index contributed by atoms with van der Waals surface area (Å²) in [4.78, 5) is 16.3. The maximum absolute atomic E-state index is 12.1. The molecular formula is C16H17N5O2. The Morgan fingerprint density at radius 3 is 2.83 bits per heavy atom. The summed E-state index contributed by atoms with van der Waals surface area (Å²) in [5.41, 5.74) is 1.77. The summed E-state index contributed by atoms with van der Waals surface area (Å²) in [7, 11) is 1.54. The van der Waals surface area contributed by atoms with Gasteiger partial charge in [0, 0.05) is 12.3 Å². The van der Waals surface area contributed by atoms with Gasteiger partial charge < -0.3 is 10.1 Å². The van der Waals surface area contributed by atoms with Crippen LogP contribution in [0.5, 0.6) is 5.88 Å². The number of carbonyl (C=O) groups is 1. The Balaban J connectivity index is 1.68. The smallest absolute Gasteiger partial charge is 0.320 e. The molecule has 23 heavy (non-hydrogen) atoms. The minimum absolute atomic E-state index is 0.104. The van der Waals surface area contributed by atoms with Crippen LogP contribution in [0.1, 0.15) is 18.5 Å². The second-order valence-corrected chi connectivity index (χ2v) is 5.08. The second kappa shape index (κ2) is 6.35. The number of fused-ring (bicyclic) bond motifs is 1. The summed E-state index contributed by atoms with van der Waals surface area (Å²) in [6.45, 7) is 1.92. The lowest BCUT2D eigenvalue weighted by atomic mass is 10.1. The van der Waals surface area contributed by atoms with Crippen molar-refractivity contribution in [1.82, 2.24) is 20.5 Å². The number of ether oxygens (including phenoxy) is 1. The van der Waals surface area contributed by atoms with Crippen LogP contribution >= 0.6 is 0 Å². The van der Waals surface area contributed by atoms with Crippen molar-refractivity contribution in [3.8, 4) is 5.88 Å². The fourth-order valence-electron chi connectivity index (χ4n) is 2.29. The monoisotopic (exact) mass is 311 g/mol. The van der Waals surface area contributed by atoms with Gasteiger partial charge in [0.1, 0.15) is 5.82 Å². The molecule has 2 amide bonds. The molecule has 0 aliphatic carbocycles. The minimum atomic E-state index is -0.320. The molecule has 0 spiro atoms. The van der Waals surface area contributed by atoms with E-state index in [4.69, 9.17) is 4.74 Å². The van der Waals surface area contributed by atoms with E-state index in [1.807, 2.05) is 37.3 Å². The number of urea groups is 1. The zero-order chi connectivity index (χ0) is 16.2. The molecule has 1 atom stereocenters. The van der Waals surface area contributed by atoms with E-state index in [-0.39, 0.29) is 12.1 Å². The summed E-state index contributed by atoms with van der Waals surface area (Å²) in [5.74, 6) is 0.905. The highest BCUT2D eigenvalue weighted by atomic mass is 16.5. The van der Waals surface area contributed by atoms with E-state index in [0.717, 1.165) is 16.5 Å². The predicted molar refractivity (Wildman–Crippen MR) is 87.5 cm³/mol. The molecule has 1 unspecified atom stereocenters. The van der Waals surface area contributed by atoms with Crippen molar-refractivity contribution in [3.05, 3.63) is 48.2 Å². The second-order valence-electron chi connectivity index (χ2n) is 5.08. The number of aromatic nitrogens is 3. The zero-order valence-corrected chi connectivity index (χ0v) is 12.8. The highest BCUT2D eigenvalue weighted by molar-refractivity contribution is 5.92. The molecule has 0 bridgehead atoms. The third-order valence-corrected chi connectivity index (χ3v) is 3.49. The molecule has 0 saturated heterocycles. The molecule has 0 radical (unpaired) electrons. The van der Waals surface area contributed by atoms with Gasteiger partial charge in [-0.3, -0.25) is 10.4 Å². The average Bonchev–Trinajstić information content (AvgIpc) is 2.97. The number of nitrogens with one attached hydrogen (secondary N) is 3. The first-order chi connectivity index (χ1) is 11.2. The van der Waals surface area contributed by atoms with E-state index in [0.29, 0.717) is 11.7 Å². The number of methoxy groups -OCH3 is 1. The maximum Gasteiger partial charge on any atom is 0.320 e. The van der Waals surface area contributed by atoms with Crippen LogP contribution in [-0.2, 0) is 0 Å². The number of nitrogens with zero attached hydrogens (tertiary/aromatic N) is 2. The molecule has 0 aliphatic heterocycles. The van der Waals surface area contributed by atoms with Crippen molar-refractivity contribution >= 4 is 22.8 Å². The van der Waals surface area contributed by atoms with Crippen LogP contribution in [0.3, 0.4) is 0 Å². The van der Waals surface area contributed by atoms with Crippen LogP contribution in [0.15, 0.2) is 42.6 Å². The van der Waals surface area contributed by atoms with Crippen LogP contribution in [0, 0.1) is 0 Å². The van der Waals surface area contributed by atoms with Crippen molar-refractivity contribution in [3.63, 3.8) is 0 Å². The van der Waals surface area contributed by atoms with Crippen molar-refractivity contribution in [1.29, 1.82) is 0 Å². The predicted octanol–water partition coefficient (Wildman–Crippen LogP) is 2.85. The molecule has 2 aromatic heterocycles. The number of anilines is 1. The Morgan fingerprint density at radius 1 is 1.30 bits per heavy atom. The number of amides is 2. The number of aromatic amines is 1. The Bertz CT molecular complexity index is 816. The summed E-state index contributed by atoms with van der Waals surface area (Å²) in [5, 5.41) is 13.2. The Hall–Kier alpha value is -3.09. The van der Waals surface area contributed by atoms with E-state index in [1.165, 1.54) is 0 Å². The summed E-state index contributed by atoms with van der Waals surface area (Å²) in [6.07, 6.45) is 1.61. The molecule has 7 heteroatoms. The van der Waals surface area contributed by atoms with Gasteiger partial charge in [0.15, 0.2) is 0 Å². The van der Waals surface area contributed by atoms with Gasteiger partial charge in [0.25, 0.3) is 0 Å². The number of benzene rings is 1. The zero-order valence-electron chi connectivity index (χ0n) is 12.8. The highest BCUT2D eigenvalue weighted by Gasteiger charge is 2.11. The lowest BCUT2D eigenvalue weighted by molar-refractivity contribution is 0.249. The minimum Gasteiger partial charge on any atom is -0.479 e. The average molecular weight is 311 g/mol. The molecule has 118 valence electrons. The van der Waals surface area contributed by atoms with Crippen LogP contribution in [-0.4, -0.2) is 28.3 Å². The third-order valence-electron chi connectivity index (χ3n) is 3.49. The normalized spacial score (nSPS) is 11.9. The molecule has 0 aliphatic rings. The van der Waals surface area contributed by atoms with Gasteiger partial charge in [-0.15, -0.1) is 5.10 Å². The van der Waals surface area contributed by atoms with Crippen molar-refractivity contribution in [2.45, 2.75) is 13.0 Å². The molecule has 0 saturated carbocycles. The van der Waals surface area contributed by atoms with Crippen molar-refractivity contribution < 1.29 is 9.53 Å². The highest BCUT2D eigenvalue weighted by Crippen LogP contribution is 2.23. The van der Waals surface area contributed by atoms with Gasteiger partial charge in [0.2, 0.25) is 5.88 Å². The molecule has 2 heterocycles. The fraction of sp³-hybridized carbons (Fsp3) is 0.188. The topological polar surface area (TPSA) is 91.9 Å². The lowest BCUT2D eigenvalue weighted by Gasteiger charge is -2.14. The van der Waals surface area contributed by atoms with Crippen molar-refractivity contribution in [2.75, 3.05) is 12.4 Å². The van der Waals surface area contributed by atoms with Gasteiger partial charge in [-0.05, 0) is 12.5 Å². The Morgan fingerprint density at radius 2 is 2.09 bits per heavy atom. The maximum atomic E-state index is 12.1. The van der Waals surface area contributed by atoms with E-state index in [1.54, 1.807) is 19.4 Å². The van der Waals surface area contributed by atoms with Gasteiger partial charge in [0.05, 0.1) is 24.1 Å². The first-order valence-electron chi connectivity index (χ1n) is 7.18. The van der Waals surface area contributed by atoms with Gasteiger partial charge in [-0.2, -0.15) is 0 Å². The quantitative estimate of drug-likeness (QED) is 0.691. The van der Waals surface area contributed by atoms with E-state index in [9.17, 15) is 4.79 Å². The van der Waals surface area contributed by atoms with Crippen LogP contribution in [0.4, 0.5) is 10.6 Å². The SMILES string of the molecule is COc1n[nH]c2cc(NC(=O)NC(C)c3ccccc3)ncc12. The van der Waals surface area contributed by atoms with Crippen LogP contribution < -0.4 is 15.4 Å². The lowest BCUT2D eigenvalue weighted by Crippen LogP contribution is -2.31. The third kappa shape index (κ3) is 3.23. The molecule has 0 fully saturated rings. The number of carbonyl (C=O) groups excluding carboxylic acids is 1. The summed E-state index contributed by atoms with van der Waals surface area (Å²) >= 11 is 0. The molecule has 3 rings (SSSR count). The number of H-pyrrole nitrogens is 1. The van der Waals surface area contributed by atoms with E-state index < -0.39 is 0 Å². The van der Waals surface area contributed by atoms with Crippen molar-refractivity contribution in [2.24, 2.45) is 0 Å². The molecule has 3 aromatic rings. The van der Waals surface area contributed by atoms with E-state index in [2.05, 4.69) is 25.8 Å². The molecular weight excluding hydrogens is 294 g/mol.